The van der Waals surface area contributed by atoms with E-state index < -0.39 is 27.2 Å². The first kappa shape index (κ1) is 20.5. The topological polar surface area (TPSA) is 103 Å². The molecule has 0 fully saturated rings. The van der Waals surface area contributed by atoms with Crippen LogP contribution in [0.3, 0.4) is 0 Å². The Balaban J connectivity index is 1.94. The standard InChI is InChI=1S/C20H15F2N3O5S/c1-25-9-14(19-18(20(25)26)23-10-29-19)13-8-12(24-31(2,27)28)4-6-16(13)30-17-5-3-11(21)7-15(17)22/h3-10,24H,1-2H3. The molecule has 0 saturated carbocycles. The van der Waals surface area contributed by atoms with E-state index in [1.54, 1.807) is 0 Å². The lowest BCUT2D eigenvalue weighted by Crippen LogP contribution is -2.16. The number of anilines is 1. The Morgan fingerprint density at radius 2 is 1.84 bits per heavy atom. The Morgan fingerprint density at radius 3 is 2.55 bits per heavy atom. The predicted molar refractivity (Wildman–Crippen MR) is 110 cm³/mol. The molecule has 0 spiro atoms. The van der Waals surface area contributed by atoms with E-state index in [0.29, 0.717) is 11.6 Å². The Labute approximate surface area is 174 Å². The summed E-state index contributed by atoms with van der Waals surface area (Å²) >= 11 is 0. The SMILES string of the molecule is Cn1cc(-c2cc(NS(C)(=O)=O)ccc2Oc2ccc(F)cc2F)c2ocnc2c1=O. The van der Waals surface area contributed by atoms with Gasteiger partial charge in [-0.2, -0.15) is 0 Å². The van der Waals surface area contributed by atoms with Gasteiger partial charge in [0.1, 0.15) is 11.6 Å². The van der Waals surface area contributed by atoms with Crippen molar-refractivity contribution in [3.8, 4) is 22.6 Å². The minimum absolute atomic E-state index is 0.0559. The third kappa shape index (κ3) is 4.12. The zero-order valence-electron chi connectivity index (χ0n) is 16.2. The number of hydrogen-bond acceptors (Lipinski definition) is 6. The van der Waals surface area contributed by atoms with E-state index in [0.717, 1.165) is 24.8 Å². The number of rotatable bonds is 5. The minimum atomic E-state index is -3.59. The van der Waals surface area contributed by atoms with Crippen LogP contribution in [0.4, 0.5) is 14.5 Å². The molecule has 0 aliphatic carbocycles. The summed E-state index contributed by atoms with van der Waals surface area (Å²) in [5.74, 6) is -1.82. The van der Waals surface area contributed by atoms with E-state index >= 15 is 0 Å². The van der Waals surface area contributed by atoms with Crippen LogP contribution < -0.4 is 15.0 Å². The van der Waals surface area contributed by atoms with Gasteiger partial charge in [-0.3, -0.25) is 9.52 Å². The van der Waals surface area contributed by atoms with Gasteiger partial charge in [0.25, 0.3) is 5.56 Å². The van der Waals surface area contributed by atoms with Crippen LogP contribution in [0.2, 0.25) is 0 Å². The Bertz CT molecular complexity index is 1480. The van der Waals surface area contributed by atoms with Crippen molar-refractivity contribution >= 4 is 26.8 Å². The van der Waals surface area contributed by atoms with Crippen molar-refractivity contribution in [1.82, 2.24) is 9.55 Å². The summed E-state index contributed by atoms with van der Waals surface area (Å²) in [6.45, 7) is 0. The molecule has 0 radical (unpaired) electrons. The van der Waals surface area contributed by atoms with Gasteiger partial charge < -0.3 is 13.7 Å². The van der Waals surface area contributed by atoms with Gasteiger partial charge in [0.15, 0.2) is 29.1 Å². The average molecular weight is 447 g/mol. The zero-order chi connectivity index (χ0) is 22.3. The third-order valence-electron chi connectivity index (χ3n) is 4.34. The third-order valence-corrected chi connectivity index (χ3v) is 4.95. The molecule has 0 atom stereocenters. The highest BCUT2D eigenvalue weighted by Crippen LogP contribution is 2.39. The molecule has 1 N–H and O–H groups in total. The second-order valence-corrected chi connectivity index (χ2v) is 8.50. The number of halogens is 2. The van der Waals surface area contributed by atoms with Crippen molar-refractivity contribution < 1.29 is 26.4 Å². The molecule has 0 aliphatic rings. The van der Waals surface area contributed by atoms with E-state index in [1.807, 2.05) is 0 Å². The van der Waals surface area contributed by atoms with Gasteiger partial charge in [0.05, 0.1) is 6.26 Å². The van der Waals surface area contributed by atoms with Gasteiger partial charge in [-0.15, -0.1) is 0 Å². The summed E-state index contributed by atoms with van der Waals surface area (Å²) < 4.78 is 65.4. The molecule has 160 valence electrons. The maximum Gasteiger partial charge on any atom is 0.280 e. The quantitative estimate of drug-likeness (QED) is 0.501. The highest BCUT2D eigenvalue weighted by atomic mass is 32.2. The number of pyridine rings is 1. The number of ether oxygens (including phenoxy) is 1. The van der Waals surface area contributed by atoms with Gasteiger partial charge in [0, 0.05) is 36.1 Å². The molecule has 2 aromatic heterocycles. The van der Waals surface area contributed by atoms with Crippen LogP contribution in [0, 0.1) is 11.6 Å². The van der Waals surface area contributed by atoms with Crippen LogP contribution in [-0.4, -0.2) is 24.2 Å². The van der Waals surface area contributed by atoms with Crippen molar-refractivity contribution in [3.05, 3.63) is 71.0 Å². The van der Waals surface area contributed by atoms with E-state index in [-0.39, 0.29) is 33.8 Å². The fourth-order valence-electron chi connectivity index (χ4n) is 3.04. The molecular weight excluding hydrogens is 432 g/mol. The second-order valence-electron chi connectivity index (χ2n) is 6.75. The largest absolute Gasteiger partial charge is 0.454 e. The number of nitrogens with one attached hydrogen (secondary N) is 1. The Kier molecular flexibility index (Phi) is 4.97. The predicted octanol–water partition coefficient (Wildman–Crippen LogP) is 3.64. The van der Waals surface area contributed by atoms with Gasteiger partial charge in [-0.25, -0.2) is 22.2 Å². The van der Waals surface area contributed by atoms with Crippen molar-refractivity contribution in [2.45, 2.75) is 0 Å². The number of hydrogen-bond donors (Lipinski definition) is 1. The van der Waals surface area contributed by atoms with Crippen LogP contribution in [-0.2, 0) is 17.1 Å². The van der Waals surface area contributed by atoms with Gasteiger partial charge in [0.2, 0.25) is 10.0 Å². The first-order valence-corrected chi connectivity index (χ1v) is 10.7. The lowest BCUT2D eigenvalue weighted by molar-refractivity contribution is 0.439. The number of oxazole rings is 1. The van der Waals surface area contributed by atoms with Gasteiger partial charge >= 0.3 is 0 Å². The normalized spacial score (nSPS) is 11.6. The number of nitrogens with zero attached hydrogens (tertiary/aromatic N) is 2. The number of aromatic nitrogens is 2. The number of fused-ring (bicyclic) bond motifs is 1. The fraction of sp³-hybridized carbons (Fsp3) is 0.100. The average Bonchev–Trinajstić information content (AvgIpc) is 3.17. The summed E-state index contributed by atoms with van der Waals surface area (Å²) in [4.78, 5) is 16.2. The molecule has 4 rings (SSSR count). The van der Waals surface area contributed by atoms with Crippen molar-refractivity contribution in [2.75, 3.05) is 11.0 Å². The van der Waals surface area contributed by atoms with Crippen LogP contribution in [0.15, 0.2) is 58.2 Å². The highest BCUT2D eigenvalue weighted by Gasteiger charge is 2.19. The van der Waals surface area contributed by atoms with E-state index in [2.05, 4.69) is 9.71 Å². The smallest absolute Gasteiger partial charge is 0.280 e. The molecule has 0 unspecified atom stereocenters. The van der Waals surface area contributed by atoms with Crippen LogP contribution in [0.1, 0.15) is 0 Å². The summed E-state index contributed by atoms with van der Waals surface area (Å²) in [5, 5.41) is 0. The van der Waals surface area contributed by atoms with Crippen molar-refractivity contribution in [1.29, 1.82) is 0 Å². The Hall–Kier alpha value is -3.73. The second kappa shape index (κ2) is 7.51. The molecule has 31 heavy (non-hydrogen) atoms. The molecule has 4 aromatic rings. The molecule has 0 aliphatic heterocycles. The molecule has 8 nitrogen and oxygen atoms in total. The summed E-state index contributed by atoms with van der Waals surface area (Å²) in [7, 11) is -2.08. The first-order valence-electron chi connectivity index (χ1n) is 8.80. The Morgan fingerprint density at radius 1 is 1.10 bits per heavy atom. The molecule has 0 bridgehead atoms. The first-order chi connectivity index (χ1) is 14.6. The molecule has 2 aromatic carbocycles. The van der Waals surface area contributed by atoms with E-state index in [1.165, 1.54) is 36.0 Å². The molecule has 0 saturated heterocycles. The summed E-state index contributed by atoms with van der Waals surface area (Å²) in [6, 6.07) is 7.12. The number of benzene rings is 2. The lowest BCUT2D eigenvalue weighted by atomic mass is 10.0. The number of sulfonamides is 1. The van der Waals surface area contributed by atoms with E-state index in [4.69, 9.17) is 9.15 Å². The summed E-state index contributed by atoms with van der Waals surface area (Å²) in [5.41, 5.74) is 0.638. The van der Waals surface area contributed by atoms with Crippen LogP contribution >= 0.6 is 0 Å². The molecular formula is C20H15F2N3O5S. The minimum Gasteiger partial charge on any atom is -0.454 e. The van der Waals surface area contributed by atoms with Crippen molar-refractivity contribution in [2.24, 2.45) is 7.05 Å². The fourth-order valence-corrected chi connectivity index (χ4v) is 3.60. The van der Waals surface area contributed by atoms with Gasteiger partial charge in [-0.05, 0) is 30.3 Å². The van der Waals surface area contributed by atoms with Crippen molar-refractivity contribution in [3.63, 3.8) is 0 Å². The zero-order valence-corrected chi connectivity index (χ0v) is 17.0. The molecule has 11 heteroatoms. The highest BCUT2D eigenvalue weighted by molar-refractivity contribution is 7.92. The molecule has 2 heterocycles. The lowest BCUT2D eigenvalue weighted by Gasteiger charge is -2.15. The monoisotopic (exact) mass is 447 g/mol. The maximum atomic E-state index is 14.2. The number of aryl methyl sites for hydroxylation is 1. The van der Waals surface area contributed by atoms with E-state index in [9.17, 15) is 22.0 Å². The van der Waals surface area contributed by atoms with Crippen LogP contribution in [0.5, 0.6) is 11.5 Å². The molecule has 0 amide bonds. The summed E-state index contributed by atoms with van der Waals surface area (Å²) in [6.07, 6.45) is 3.56. The van der Waals surface area contributed by atoms with Crippen LogP contribution in [0.25, 0.3) is 22.2 Å². The van der Waals surface area contributed by atoms with Gasteiger partial charge in [-0.1, -0.05) is 0 Å². The maximum absolute atomic E-state index is 14.2.